The van der Waals surface area contributed by atoms with Crippen molar-refractivity contribution in [2.24, 2.45) is 7.05 Å². The molecule has 1 fully saturated rings. The summed E-state index contributed by atoms with van der Waals surface area (Å²) in [6, 6.07) is 0.695. The van der Waals surface area contributed by atoms with Gasteiger partial charge in [-0.3, -0.25) is 4.68 Å². The highest BCUT2D eigenvalue weighted by molar-refractivity contribution is 4.98. The monoisotopic (exact) mass is 233 g/mol. The van der Waals surface area contributed by atoms with Crippen LogP contribution in [0.3, 0.4) is 0 Å². The molecule has 2 heterocycles. The lowest BCUT2D eigenvalue weighted by molar-refractivity contribution is 0.634. The average Bonchev–Trinajstić information content (AvgIpc) is 2.90. The first kappa shape index (κ1) is 10.4. The molecule has 1 N–H and O–H groups in total. The average molecular weight is 233 g/mol. The Bertz CT molecular complexity index is 496. The maximum absolute atomic E-state index is 4.11. The fraction of sp³-hybridized carbons (Fsp3) is 0.600. The van der Waals surface area contributed by atoms with Gasteiger partial charge in [-0.1, -0.05) is 10.4 Å². The molecule has 7 nitrogen and oxygen atoms in total. The Labute approximate surface area is 98.8 Å². The molecule has 17 heavy (non-hydrogen) atoms. The Morgan fingerprint density at radius 3 is 2.76 bits per heavy atom. The highest BCUT2D eigenvalue weighted by atomic mass is 15.4. The first-order chi connectivity index (χ1) is 8.29. The minimum absolute atomic E-state index is 0.615. The lowest BCUT2D eigenvalue weighted by atomic mass is 10.4. The third kappa shape index (κ3) is 2.68. The van der Waals surface area contributed by atoms with Crippen molar-refractivity contribution in [3.8, 4) is 0 Å². The van der Waals surface area contributed by atoms with Gasteiger partial charge in [-0.05, 0) is 12.8 Å². The highest BCUT2D eigenvalue weighted by Gasteiger charge is 2.20. The molecule has 0 bridgehead atoms. The van der Waals surface area contributed by atoms with Crippen LogP contribution in [0.4, 0.5) is 0 Å². The summed E-state index contributed by atoms with van der Waals surface area (Å²) >= 11 is 0. The molecule has 0 unspecified atom stereocenters. The molecule has 0 radical (unpaired) electrons. The molecule has 7 heteroatoms. The second-order valence-electron chi connectivity index (χ2n) is 4.45. The van der Waals surface area contributed by atoms with E-state index in [1.807, 2.05) is 19.4 Å². The summed E-state index contributed by atoms with van der Waals surface area (Å²) in [5, 5.41) is 19.5. The standard InChI is InChI=1S/C10H15N7/c1-16-5-10(13-14-16)7-17-6-9(12-15-17)4-11-8-2-3-8/h5-6,8,11H,2-4,7H2,1H3. The van der Waals surface area contributed by atoms with Gasteiger partial charge in [-0.15, -0.1) is 10.2 Å². The van der Waals surface area contributed by atoms with Gasteiger partial charge in [0.1, 0.15) is 5.69 Å². The smallest absolute Gasteiger partial charge is 0.104 e. The van der Waals surface area contributed by atoms with E-state index < -0.39 is 0 Å². The zero-order valence-electron chi connectivity index (χ0n) is 9.74. The summed E-state index contributed by atoms with van der Waals surface area (Å²) in [6.45, 7) is 1.41. The van der Waals surface area contributed by atoms with E-state index >= 15 is 0 Å². The summed E-state index contributed by atoms with van der Waals surface area (Å²) in [6.07, 6.45) is 6.40. The number of hydrogen-bond acceptors (Lipinski definition) is 5. The van der Waals surface area contributed by atoms with E-state index in [-0.39, 0.29) is 0 Å². The normalized spacial score (nSPS) is 15.4. The Hall–Kier alpha value is -1.76. The van der Waals surface area contributed by atoms with Crippen molar-refractivity contribution in [2.45, 2.75) is 32.0 Å². The Kier molecular flexibility index (Phi) is 2.60. The van der Waals surface area contributed by atoms with Crippen molar-refractivity contribution in [3.63, 3.8) is 0 Å². The van der Waals surface area contributed by atoms with Crippen LogP contribution in [0.2, 0.25) is 0 Å². The molecule has 1 aliphatic carbocycles. The van der Waals surface area contributed by atoms with E-state index in [1.165, 1.54) is 12.8 Å². The van der Waals surface area contributed by atoms with Gasteiger partial charge in [-0.2, -0.15) is 0 Å². The molecule has 2 aromatic rings. The second kappa shape index (κ2) is 4.25. The van der Waals surface area contributed by atoms with Gasteiger partial charge in [0, 0.05) is 25.8 Å². The fourth-order valence-electron chi connectivity index (χ4n) is 1.67. The molecule has 0 aromatic carbocycles. The van der Waals surface area contributed by atoms with Gasteiger partial charge < -0.3 is 5.32 Å². The Morgan fingerprint density at radius 1 is 1.24 bits per heavy atom. The molecule has 0 spiro atoms. The maximum Gasteiger partial charge on any atom is 0.104 e. The number of rotatable bonds is 5. The topological polar surface area (TPSA) is 73.5 Å². The Balaban J connectivity index is 1.59. The number of hydrogen-bond donors (Lipinski definition) is 1. The fourth-order valence-corrected chi connectivity index (χ4v) is 1.67. The van der Waals surface area contributed by atoms with Crippen LogP contribution in [-0.2, 0) is 20.1 Å². The Morgan fingerprint density at radius 2 is 2.06 bits per heavy atom. The third-order valence-electron chi connectivity index (χ3n) is 2.71. The molecule has 3 rings (SSSR count). The molecule has 1 aliphatic rings. The summed E-state index contributed by atoms with van der Waals surface area (Å²) in [4.78, 5) is 0. The quantitative estimate of drug-likeness (QED) is 0.768. The third-order valence-corrected chi connectivity index (χ3v) is 2.71. The molecule has 90 valence electrons. The van der Waals surface area contributed by atoms with Gasteiger partial charge in [0.05, 0.1) is 18.4 Å². The highest BCUT2D eigenvalue weighted by Crippen LogP contribution is 2.18. The van der Waals surface area contributed by atoms with Gasteiger partial charge in [0.15, 0.2) is 0 Å². The SMILES string of the molecule is Cn1cc(Cn2cc(CNC3CC3)nn2)nn1. The number of nitrogens with zero attached hydrogens (tertiary/aromatic N) is 6. The van der Waals surface area contributed by atoms with Crippen molar-refractivity contribution in [1.82, 2.24) is 35.3 Å². The molecule has 0 atom stereocenters. The van der Waals surface area contributed by atoms with Crippen LogP contribution in [-0.4, -0.2) is 36.0 Å². The van der Waals surface area contributed by atoms with Gasteiger partial charge in [0.2, 0.25) is 0 Å². The summed E-state index contributed by atoms with van der Waals surface area (Å²) in [7, 11) is 1.85. The van der Waals surface area contributed by atoms with Crippen molar-refractivity contribution >= 4 is 0 Å². The van der Waals surface area contributed by atoms with Crippen LogP contribution in [0, 0.1) is 0 Å². The molecule has 1 saturated carbocycles. The lowest BCUT2D eigenvalue weighted by Gasteiger charge is -1.96. The molecule has 0 amide bonds. The summed E-state index contributed by atoms with van der Waals surface area (Å²) < 4.78 is 3.47. The van der Waals surface area contributed by atoms with Crippen LogP contribution in [0.1, 0.15) is 24.2 Å². The number of aromatic nitrogens is 6. The van der Waals surface area contributed by atoms with E-state index in [2.05, 4.69) is 25.9 Å². The van der Waals surface area contributed by atoms with Gasteiger partial charge >= 0.3 is 0 Å². The summed E-state index contributed by atoms with van der Waals surface area (Å²) in [5.74, 6) is 0. The van der Waals surface area contributed by atoms with Gasteiger partial charge in [0.25, 0.3) is 0 Å². The zero-order valence-corrected chi connectivity index (χ0v) is 9.74. The van der Waals surface area contributed by atoms with Crippen LogP contribution in [0.25, 0.3) is 0 Å². The maximum atomic E-state index is 4.11. The molecule has 0 aliphatic heterocycles. The van der Waals surface area contributed by atoms with E-state index in [0.29, 0.717) is 12.6 Å². The van der Waals surface area contributed by atoms with Crippen LogP contribution in [0.5, 0.6) is 0 Å². The molecule has 2 aromatic heterocycles. The first-order valence-corrected chi connectivity index (χ1v) is 5.77. The minimum atomic E-state index is 0.615. The van der Waals surface area contributed by atoms with Gasteiger partial charge in [-0.25, -0.2) is 4.68 Å². The van der Waals surface area contributed by atoms with Crippen molar-refractivity contribution in [3.05, 3.63) is 23.8 Å². The van der Waals surface area contributed by atoms with E-state index in [0.717, 1.165) is 17.9 Å². The van der Waals surface area contributed by atoms with Crippen molar-refractivity contribution < 1.29 is 0 Å². The largest absolute Gasteiger partial charge is 0.308 e. The van der Waals surface area contributed by atoms with Crippen LogP contribution < -0.4 is 5.32 Å². The molecular weight excluding hydrogens is 218 g/mol. The number of aryl methyl sites for hydroxylation is 1. The first-order valence-electron chi connectivity index (χ1n) is 5.77. The van der Waals surface area contributed by atoms with Crippen molar-refractivity contribution in [1.29, 1.82) is 0 Å². The van der Waals surface area contributed by atoms with Crippen LogP contribution in [0.15, 0.2) is 12.4 Å². The summed E-state index contributed by atoms with van der Waals surface area (Å²) in [5.41, 5.74) is 1.86. The van der Waals surface area contributed by atoms with Crippen molar-refractivity contribution in [2.75, 3.05) is 0 Å². The minimum Gasteiger partial charge on any atom is -0.308 e. The number of nitrogens with one attached hydrogen (secondary N) is 1. The lowest BCUT2D eigenvalue weighted by Crippen LogP contribution is -2.15. The zero-order chi connectivity index (χ0) is 11.7. The van der Waals surface area contributed by atoms with E-state index in [1.54, 1.807) is 9.36 Å². The molecule has 0 saturated heterocycles. The van der Waals surface area contributed by atoms with Crippen LogP contribution >= 0.6 is 0 Å². The molecular formula is C10H15N7. The predicted octanol–water partition coefficient (Wildman–Crippen LogP) is -0.293. The second-order valence-corrected chi connectivity index (χ2v) is 4.45. The van der Waals surface area contributed by atoms with E-state index in [9.17, 15) is 0 Å². The van der Waals surface area contributed by atoms with E-state index in [4.69, 9.17) is 0 Å². The predicted molar refractivity (Wildman–Crippen MR) is 60.0 cm³/mol.